The van der Waals surface area contributed by atoms with Crippen LogP contribution >= 0.6 is 11.3 Å². The molecule has 2 aromatic carbocycles. The molecule has 0 fully saturated rings. The molecule has 3 aromatic rings. The van der Waals surface area contributed by atoms with Crippen molar-refractivity contribution >= 4 is 32.9 Å². The molecule has 0 aliphatic rings. The predicted octanol–water partition coefficient (Wildman–Crippen LogP) is 3.59. The third-order valence-corrected chi connectivity index (χ3v) is 3.90. The number of fused-ring (bicyclic) bond motifs is 1. The second-order valence-corrected chi connectivity index (χ2v) is 5.19. The number of anilines is 1. The van der Waals surface area contributed by atoms with Crippen molar-refractivity contribution in [3.05, 3.63) is 52.3 Å². The molecule has 5 nitrogen and oxygen atoms in total. The van der Waals surface area contributed by atoms with Gasteiger partial charge < -0.3 is 5.73 Å². The molecule has 0 unspecified atom stereocenters. The van der Waals surface area contributed by atoms with Gasteiger partial charge in [-0.15, -0.1) is 11.3 Å². The minimum atomic E-state index is -0.490. The number of hydrogen-bond donors (Lipinski definition) is 1. The summed E-state index contributed by atoms with van der Waals surface area (Å²) in [6, 6.07) is 8.48. The summed E-state index contributed by atoms with van der Waals surface area (Å²) >= 11 is 1.31. The number of nitro groups is 1. The summed E-state index contributed by atoms with van der Waals surface area (Å²) in [5.41, 5.74) is 7.18. The van der Waals surface area contributed by atoms with Gasteiger partial charge in [-0.3, -0.25) is 10.1 Å². The van der Waals surface area contributed by atoms with Gasteiger partial charge in [0.25, 0.3) is 5.69 Å². The molecular weight excluding hydrogens is 281 g/mol. The van der Waals surface area contributed by atoms with Crippen molar-refractivity contribution in [3.63, 3.8) is 0 Å². The molecule has 0 aliphatic carbocycles. The van der Waals surface area contributed by atoms with Crippen LogP contribution < -0.4 is 5.73 Å². The van der Waals surface area contributed by atoms with Gasteiger partial charge in [0, 0.05) is 29.4 Å². The predicted molar refractivity (Wildman–Crippen MR) is 76.1 cm³/mol. The van der Waals surface area contributed by atoms with Crippen molar-refractivity contribution in [2.45, 2.75) is 0 Å². The van der Waals surface area contributed by atoms with E-state index >= 15 is 0 Å². The van der Waals surface area contributed by atoms with Gasteiger partial charge in [0.15, 0.2) is 0 Å². The fourth-order valence-corrected chi connectivity index (χ4v) is 2.84. The van der Waals surface area contributed by atoms with Gasteiger partial charge in [-0.2, -0.15) is 0 Å². The van der Waals surface area contributed by atoms with E-state index in [4.69, 9.17) is 5.73 Å². The Hall–Kier alpha value is -2.54. The lowest BCUT2D eigenvalue weighted by Gasteiger charge is -2.01. The zero-order valence-corrected chi connectivity index (χ0v) is 10.9. The molecule has 7 heteroatoms. The quantitative estimate of drug-likeness (QED) is 0.444. The molecule has 2 N–H and O–H groups in total. The Balaban J connectivity index is 2.19. The lowest BCUT2D eigenvalue weighted by molar-refractivity contribution is -0.384. The highest BCUT2D eigenvalue weighted by atomic mass is 32.1. The highest BCUT2D eigenvalue weighted by Gasteiger charge is 2.14. The van der Waals surface area contributed by atoms with Gasteiger partial charge >= 0.3 is 0 Å². The normalized spacial score (nSPS) is 10.8. The molecule has 1 heterocycles. The van der Waals surface area contributed by atoms with Gasteiger partial charge in [-0.05, 0) is 18.2 Å². The van der Waals surface area contributed by atoms with Gasteiger partial charge in [0.1, 0.15) is 10.8 Å². The number of nitrogens with two attached hydrogens (primary N) is 1. The lowest BCUT2D eigenvalue weighted by Crippen LogP contribution is -1.93. The first-order chi connectivity index (χ1) is 9.54. The maximum Gasteiger partial charge on any atom is 0.270 e. The Morgan fingerprint density at radius 1 is 1.25 bits per heavy atom. The Labute approximate surface area is 116 Å². The molecule has 0 amide bonds. The van der Waals surface area contributed by atoms with E-state index in [0.29, 0.717) is 21.8 Å². The largest absolute Gasteiger partial charge is 0.398 e. The van der Waals surface area contributed by atoms with Gasteiger partial charge in [0.2, 0.25) is 0 Å². The van der Waals surface area contributed by atoms with Crippen molar-refractivity contribution in [1.29, 1.82) is 0 Å². The minimum Gasteiger partial charge on any atom is -0.398 e. The molecule has 3 rings (SSSR count). The molecule has 0 radical (unpaired) electrons. The van der Waals surface area contributed by atoms with E-state index in [-0.39, 0.29) is 11.5 Å². The van der Waals surface area contributed by atoms with Crippen LogP contribution in [-0.4, -0.2) is 9.91 Å². The number of non-ortho nitro benzene ring substituents is 1. The molecule has 0 bridgehead atoms. The van der Waals surface area contributed by atoms with Crippen molar-refractivity contribution in [2.75, 3.05) is 5.73 Å². The van der Waals surface area contributed by atoms with E-state index < -0.39 is 4.92 Å². The molecule has 0 aliphatic heterocycles. The number of aromatic nitrogens is 1. The maximum atomic E-state index is 13.1. The summed E-state index contributed by atoms with van der Waals surface area (Å²) in [4.78, 5) is 14.6. The highest BCUT2D eigenvalue weighted by molar-refractivity contribution is 7.21. The number of thiazole rings is 1. The van der Waals surface area contributed by atoms with Crippen molar-refractivity contribution in [3.8, 4) is 10.6 Å². The van der Waals surface area contributed by atoms with Gasteiger partial charge in [-0.25, -0.2) is 9.37 Å². The van der Waals surface area contributed by atoms with Crippen LogP contribution in [0.3, 0.4) is 0 Å². The number of nitrogens with zero attached hydrogens (tertiary/aromatic N) is 2. The first kappa shape index (κ1) is 12.5. The van der Waals surface area contributed by atoms with E-state index in [2.05, 4.69) is 4.98 Å². The third-order valence-electron chi connectivity index (χ3n) is 2.83. The summed E-state index contributed by atoms with van der Waals surface area (Å²) in [6.45, 7) is 0. The smallest absolute Gasteiger partial charge is 0.270 e. The Bertz CT molecular complexity index is 832. The summed E-state index contributed by atoms with van der Waals surface area (Å²) in [5, 5.41) is 11.3. The van der Waals surface area contributed by atoms with E-state index in [1.54, 1.807) is 6.07 Å². The molecule has 0 spiro atoms. The third kappa shape index (κ3) is 2.08. The Morgan fingerprint density at radius 2 is 2.05 bits per heavy atom. The van der Waals surface area contributed by atoms with Crippen LogP contribution in [-0.2, 0) is 0 Å². The number of nitrogen functional groups attached to an aromatic ring is 1. The lowest BCUT2D eigenvalue weighted by atomic mass is 10.1. The monoisotopic (exact) mass is 289 g/mol. The summed E-state index contributed by atoms with van der Waals surface area (Å²) in [6.07, 6.45) is 0. The maximum absolute atomic E-state index is 13.1. The van der Waals surface area contributed by atoms with E-state index in [1.807, 2.05) is 0 Å². The van der Waals surface area contributed by atoms with Crippen LogP contribution in [0.5, 0.6) is 0 Å². The minimum absolute atomic E-state index is 0.0559. The number of nitro benzene ring substituents is 1. The summed E-state index contributed by atoms with van der Waals surface area (Å²) < 4.78 is 13.9. The first-order valence-electron chi connectivity index (χ1n) is 5.65. The zero-order valence-electron chi connectivity index (χ0n) is 10.0. The van der Waals surface area contributed by atoms with E-state index in [9.17, 15) is 14.5 Å². The second-order valence-electron chi connectivity index (χ2n) is 4.16. The highest BCUT2D eigenvalue weighted by Crippen LogP contribution is 2.35. The topological polar surface area (TPSA) is 82.0 Å². The molecule has 20 heavy (non-hydrogen) atoms. The average Bonchev–Trinajstić information content (AvgIpc) is 2.81. The van der Waals surface area contributed by atoms with Crippen molar-refractivity contribution in [1.82, 2.24) is 4.98 Å². The van der Waals surface area contributed by atoms with Gasteiger partial charge in [0.05, 0.1) is 15.1 Å². The Morgan fingerprint density at radius 3 is 2.80 bits per heavy atom. The van der Waals surface area contributed by atoms with Gasteiger partial charge in [-0.1, -0.05) is 0 Å². The Kier molecular flexibility index (Phi) is 2.83. The standard InChI is InChI=1S/C13H8FN3O2S/c14-7-1-4-12-11(5-7)16-13(20-12)9-6-8(17(18)19)2-3-10(9)15/h1-6H,15H2. The molecule has 100 valence electrons. The summed E-state index contributed by atoms with van der Waals surface area (Å²) in [5.74, 6) is -0.374. The number of benzene rings is 2. The number of hydrogen-bond acceptors (Lipinski definition) is 5. The van der Waals surface area contributed by atoms with Crippen LogP contribution in [0.25, 0.3) is 20.8 Å². The zero-order chi connectivity index (χ0) is 14.3. The van der Waals surface area contributed by atoms with Crippen LogP contribution in [0.1, 0.15) is 0 Å². The molecule has 1 aromatic heterocycles. The second kappa shape index (κ2) is 4.53. The van der Waals surface area contributed by atoms with E-state index in [1.165, 1.54) is 41.7 Å². The van der Waals surface area contributed by atoms with Crippen LogP contribution in [0.2, 0.25) is 0 Å². The van der Waals surface area contributed by atoms with Crippen LogP contribution in [0, 0.1) is 15.9 Å². The van der Waals surface area contributed by atoms with Crippen molar-refractivity contribution < 1.29 is 9.31 Å². The van der Waals surface area contributed by atoms with Crippen LogP contribution in [0.15, 0.2) is 36.4 Å². The first-order valence-corrected chi connectivity index (χ1v) is 6.46. The molecule has 0 saturated carbocycles. The molecular formula is C13H8FN3O2S. The number of rotatable bonds is 2. The number of halogens is 1. The summed E-state index contributed by atoms with van der Waals surface area (Å²) in [7, 11) is 0. The fourth-order valence-electron chi connectivity index (χ4n) is 1.86. The van der Waals surface area contributed by atoms with E-state index in [0.717, 1.165) is 4.70 Å². The fraction of sp³-hybridized carbons (Fsp3) is 0. The molecule has 0 atom stereocenters. The average molecular weight is 289 g/mol. The molecule has 0 saturated heterocycles. The van der Waals surface area contributed by atoms with Crippen molar-refractivity contribution in [2.24, 2.45) is 0 Å². The SMILES string of the molecule is Nc1ccc([N+](=O)[O-])cc1-c1nc2cc(F)ccc2s1. The van der Waals surface area contributed by atoms with Crippen LogP contribution in [0.4, 0.5) is 15.8 Å².